The summed E-state index contributed by atoms with van der Waals surface area (Å²) in [6, 6.07) is 13.7. The maximum absolute atomic E-state index is 13.2. The molecule has 0 atom stereocenters. The molecule has 0 aliphatic carbocycles. The zero-order valence-corrected chi connectivity index (χ0v) is 18.5. The van der Waals surface area contributed by atoms with E-state index in [9.17, 15) is 9.59 Å². The Morgan fingerprint density at radius 1 is 0.862 bits per heavy atom. The van der Waals surface area contributed by atoms with E-state index in [1.54, 1.807) is 4.90 Å². The monoisotopic (exact) mass is 397 g/mol. The molecular formula is C24H35N3O2. The van der Waals surface area contributed by atoms with Gasteiger partial charge in [0.25, 0.3) is 0 Å². The lowest BCUT2D eigenvalue weighted by Crippen LogP contribution is -2.45. The van der Waals surface area contributed by atoms with Gasteiger partial charge in [0.1, 0.15) is 0 Å². The molecule has 1 heterocycles. The minimum atomic E-state index is 0.00149. The number of aryl methyl sites for hydroxylation is 1. The van der Waals surface area contributed by atoms with E-state index in [4.69, 9.17) is 0 Å². The Kier molecular flexibility index (Phi) is 8.50. The topological polar surface area (TPSA) is 45.6 Å². The highest BCUT2D eigenvalue weighted by atomic mass is 16.2. The summed E-state index contributed by atoms with van der Waals surface area (Å²) in [5.74, 6) is 0.662. The van der Waals surface area contributed by atoms with Crippen LogP contribution in [0.25, 0.3) is 0 Å². The van der Waals surface area contributed by atoms with Crippen LogP contribution in [0.1, 0.15) is 39.0 Å². The summed E-state index contributed by atoms with van der Waals surface area (Å²) in [5.41, 5.74) is 2.06. The van der Waals surface area contributed by atoms with Crippen molar-refractivity contribution in [3.05, 3.63) is 59.9 Å². The minimum absolute atomic E-state index is 0.00149. The lowest BCUT2D eigenvalue weighted by atomic mass is 10.1. The molecule has 0 aliphatic rings. The standard InChI is InChI=1S/C24H35N3O2/c1-19(2)15-26(17-22-12-9-13-25(22)5)24(29)18-27(16-20(3)4)23(28)14-21-10-7-6-8-11-21/h6-13,19-20H,14-18H2,1-5H3. The van der Waals surface area contributed by atoms with Crippen LogP contribution in [0.2, 0.25) is 0 Å². The van der Waals surface area contributed by atoms with Crippen LogP contribution in [-0.4, -0.2) is 45.8 Å². The van der Waals surface area contributed by atoms with Gasteiger partial charge in [0.2, 0.25) is 11.8 Å². The van der Waals surface area contributed by atoms with Gasteiger partial charge in [0, 0.05) is 32.0 Å². The molecule has 29 heavy (non-hydrogen) atoms. The van der Waals surface area contributed by atoms with Crippen LogP contribution in [0.4, 0.5) is 0 Å². The summed E-state index contributed by atoms with van der Waals surface area (Å²) in [7, 11) is 1.99. The molecular weight excluding hydrogens is 362 g/mol. The van der Waals surface area contributed by atoms with Gasteiger partial charge in [-0.05, 0) is 29.5 Å². The van der Waals surface area contributed by atoms with Crippen LogP contribution >= 0.6 is 0 Å². The number of hydrogen-bond acceptors (Lipinski definition) is 2. The number of nitrogens with zero attached hydrogens (tertiary/aromatic N) is 3. The van der Waals surface area contributed by atoms with E-state index in [0.29, 0.717) is 37.9 Å². The van der Waals surface area contributed by atoms with Gasteiger partial charge >= 0.3 is 0 Å². The van der Waals surface area contributed by atoms with E-state index in [1.807, 2.05) is 65.2 Å². The molecule has 0 saturated heterocycles. The highest BCUT2D eigenvalue weighted by Gasteiger charge is 2.23. The van der Waals surface area contributed by atoms with Crippen LogP contribution in [-0.2, 0) is 29.6 Å². The maximum Gasteiger partial charge on any atom is 0.242 e. The molecule has 0 radical (unpaired) electrons. The Morgan fingerprint density at radius 2 is 1.48 bits per heavy atom. The number of carbonyl (C=O) groups is 2. The van der Waals surface area contributed by atoms with Crippen molar-refractivity contribution < 1.29 is 9.59 Å². The highest BCUT2D eigenvalue weighted by molar-refractivity contribution is 5.86. The van der Waals surface area contributed by atoms with Gasteiger partial charge in [0.15, 0.2) is 0 Å². The van der Waals surface area contributed by atoms with Crippen molar-refractivity contribution in [2.24, 2.45) is 18.9 Å². The Bertz CT molecular complexity index is 780. The minimum Gasteiger partial charge on any atom is -0.353 e. The first-order chi connectivity index (χ1) is 13.8. The Labute approximate surface area is 175 Å². The van der Waals surface area contributed by atoms with Crippen molar-refractivity contribution in [2.45, 2.75) is 40.7 Å². The number of benzene rings is 1. The lowest BCUT2D eigenvalue weighted by molar-refractivity contribution is -0.141. The van der Waals surface area contributed by atoms with Crippen molar-refractivity contribution in [3.8, 4) is 0 Å². The molecule has 0 saturated carbocycles. The van der Waals surface area contributed by atoms with E-state index in [-0.39, 0.29) is 18.4 Å². The quantitative estimate of drug-likeness (QED) is 0.613. The molecule has 2 aromatic rings. The van der Waals surface area contributed by atoms with Gasteiger partial charge in [0.05, 0.1) is 19.5 Å². The average molecular weight is 398 g/mol. The predicted octanol–water partition coefficient (Wildman–Crippen LogP) is 3.74. The molecule has 0 unspecified atom stereocenters. The van der Waals surface area contributed by atoms with E-state index in [0.717, 1.165) is 11.3 Å². The average Bonchev–Trinajstić information content (AvgIpc) is 3.05. The van der Waals surface area contributed by atoms with Crippen LogP contribution in [0, 0.1) is 11.8 Å². The van der Waals surface area contributed by atoms with Gasteiger partial charge in [-0.1, -0.05) is 58.0 Å². The smallest absolute Gasteiger partial charge is 0.242 e. The van der Waals surface area contributed by atoms with Crippen LogP contribution in [0.15, 0.2) is 48.7 Å². The first kappa shape index (κ1) is 22.7. The fraction of sp³-hybridized carbons (Fsp3) is 0.500. The summed E-state index contributed by atoms with van der Waals surface area (Å²) >= 11 is 0. The van der Waals surface area contributed by atoms with Crippen molar-refractivity contribution in [1.29, 1.82) is 0 Å². The van der Waals surface area contributed by atoms with Gasteiger partial charge in [-0.2, -0.15) is 0 Å². The molecule has 1 aromatic heterocycles. The largest absolute Gasteiger partial charge is 0.353 e. The second-order valence-electron chi connectivity index (χ2n) is 8.61. The second-order valence-corrected chi connectivity index (χ2v) is 8.61. The van der Waals surface area contributed by atoms with Crippen molar-refractivity contribution >= 4 is 11.8 Å². The first-order valence-corrected chi connectivity index (χ1v) is 10.5. The molecule has 0 N–H and O–H groups in total. The van der Waals surface area contributed by atoms with E-state index in [2.05, 4.69) is 27.7 Å². The summed E-state index contributed by atoms with van der Waals surface area (Å²) in [4.78, 5) is 29.7. The van der Waals surface area contributed by atoms with Gasteiger partial charge in [-0.25, -0.2) is 0 Å². The molecule has 2 amide bonds. The van der Waals surface area contributed by atoms with Crippen LogP contribution in [0.3, 0.4) is 0 Å². The molecule has 0 aliphatic heterocycles. The zero-order valence-electron chi connectivity index (χ0n) is 18.5. The number of carbonyl (C=O) groups excluding carboxylic acids is 2. The van der Waals surface area contributed by atoms with E-state index >= 15 is 0 Å². The molecule has 5 nitrogen and oxygen atoms in total. The van der Waals surface area contributed by atoms with Crippen LogP contribution in [0.5, 0.6) is 0 Å². The molecule has 0 spiro atoms. The van der Waals surface area contributed by atoms with Crippen molar-refractivity contribution in [1.82, 2.24) is 14.4 Å². The normalized spacial score (nSPS) is 11.1. The Morgan fingerprint density at radius 3 is 2.03 bits per heavy atom. The Balaban J connectivity index is 2.12. The second kappa shape index (κ2) is 10.8. The van der Waals surface area contributed by atoms with Gasteiger partial charge < -0.3 is 14.4 Å². The van der Waals surface area contributed by atoms with E-state index in [1.165, 1.54) is 0 Å². The van der Waals surface area contributed by atoms with Crippen molar-refractivity contribution in [3.63, 3.8) is 0 Å². The highest BCUT2D eigenvalue weighted by Crippen LogP contribution is 2.11. The molecule has 0 bridgehead atoms. The third-order valence-electron chi connectivity index (χ3n) is 4.80. The van der Waals surface area contributed by atoms with Gasteiger partial charge in [-0.3, -0.25) is 9.59 Å². The fourth-order valence-corrected chi connectivity index (χ4v) is 3.39. The van der Waals surface area contributed by atoms with Crippen molar-refractivity contribution in [2.75, 3.05) is 19.6 Å². The number of aromatic nitrogens is 1. The number of hydrogen-bond donors (Lipinski definition) is 0. The zero-order chi connectivity index (χ0) is 21.4. The third-order valence-corrected chi connectivity index (χ3v) is 4.80. The first-order valence-electron chi connectivity index (χ1n) is 10.5. The molecule has 5 heteroatoms. The summed E-state index contributed by atoms with van der Waals surface area (Å²) in [5, 5.41) is 0. The van der Waals surface area contributed by atoms with Gasteiger partial charge in [-0.15, -0.1) is 0 Å². The SMILES string of the molecule is CC(C)CN(CC(=O)N(Cc1cccn1C)CC(C)C)C(=O)Cc1ccccc1. The van der Waals surface area contributed by atoms with Crippen LogP contribution < -0.4 is 0 Å². The third kappa shape index (κ3) is 7.41. The van der Waals surface area contributed by atoms with E-state index < -0.39 is 0 Å². The number of rotatable bonds is 10. The summed E-state index contributed by atoms with van der Waals surface area (Å²) in [6.07, 6.45) is 2.31. The summed E-state index contributed by atoms with van der Waals surface area (Å²) in [6.45, 7) is 10.3. The Hall–Kier alpha value is -2.56. The summed E-state index contributed by atoms with van der Waals surface area (Å²) < 4.78 is 2.03. The molecule has 0 fully saturated rings. The predicted molar refractivity (Wildman–Crippen MR) is 117 cm³/mol. The molecule has 1 aromatic carbocycles. The fourth-order valence-electron chi connectivity index (χ4n) is 3.39. The number of amides is 2. The molecule has 158 valence electrons. The maximum atomic E-state index is 13.2. The lowest BCUT2D eigenvalue weighted by Gasteiger charge is -2.30. The molecule has 2 rings (SSSR count).